The number of piperidine rings is 1. The Morgan fingerprint density at radius 1 is 1.18 bits per heavy atom. The Morgan fingerprint density at radius 3 is 2.95 bits per heavy atom. The Morgan fingerprint density at radius 2 is 2.09 bits per heavy atom. The molecule has 0 aliphatic carbocycles. The molecular weight excluding hydrogens is 296 g/mol. The first-order valence-corrected chi connectivity index (χ1v) is 8.99. The molecule has 2 aliphatic heterocycles. The standard InChI is InChI=1S/C15H22N6S/c16-15-17-9-11(22-15)10-20-7-3-1-5-12(20)14-19-18-13-6-2-4-8-21(13)14/h9,12H,1-8,10H2,(H2,16,17). The summed E-state index contributed by atoms with van der Waals surface area (Å²) in [5, 5.41) is 9.64. The molecule has 4 heterocycles. The molecule has 1 saturated heterocycles. The molecule has 0 aromatic carbocycles. The highest BCUT2D eigenvalue weighted by atomic mass is 32.1. The minimum Gasteiger partial charge on any atom is -0.375 e. The molecule has 22 heavy (non-hydrogen) atoms. The zero-order chi connectivity index (χ0) is 14.9. The van der Waals surface area contributed by atoms with E-state index in [1.807, 2.05) is 6.20 Å². The summed E-state index contributed by atoms with van der Waals surface area (Å²) in [6.45, 7) is 3.11. The molecule has 2 N–H and O–H groups in total. The smallest absolute Gasteiger partial charge is 0.180 e. The Balaban J connectivity index is 1.59. The minimum atomic E-state index is 0.386. The second-order valence-corrected chi connectivity index (χ2v) is 7.38. The van der Waals surface area contributed by atoms with Crippen LogP contribution in [0, 0.1) is 0 Å². The first kappa shape index (κ1) is 14.1. The van der Waals surface area contributed by atoms with Crippen molar-refractivity contribution in [2.24, 2.45) is 0 Å². The maximum absolute atomic E-state index is 5.77. The van der Waals surface area contributed by atoms with Crippen molar-refractivity contribution in [3.63, 3.8) is 0 Å². The molecule has 118 valence electrons. The normalized spacial score (nSPS) is 22.6. The maximum atomic E-state index is 5.77. The second-order valence-electron chi connectivity index (χ2n) is 6.23. The van der Waals surface area contributed by atoms with Crippen molar-refractivity contribution in [1.82, 2.24) is 24.6 Å². The molecular formula is C15H22N6S. The van der Waals surface area contributed by atoms with Gasteiger partial charge in [0, 0.05) is 30.6 Å². The number of thiazole rings is 1. The van der Waals surface area contributed by atoms with Gasteiger partial charge in [0.2, 0.25) is 0 Å². The lowest BCUT2D eigenvalue weighted by Gasteiger charge is -2.35. The summed E-state index contributed by atoms with van der Waals surface area (Å²) in [6, 6.07) is 0.386. The SMILES string of the molecule is Nc1ncc(CN2CCCCC2c2nnc3n2CCCC3)s1. The van der Waals surface area contributed by atoms with Crippen molar-refractivity contribution < 1.29 is 0 Å². The summed E-state index contributed by atoms with van der Waals surface area (Å²) in [7, 11) is 0. The van der Waals surface area contributed by atoms with Crippen LogP contribution in [0.5, 0.6) is 0 Å². The van der Waals surface area contributed by atoms with E-state index in [-0.39, 0.29) is 0 Å². The zero-order valence-electron chi connectivity index (χ0n) is 12.7. The second kappa shape index (κ2) is 5.96. The number of likely N-dealkylation sites (tertiary alicyclic amines) is 1. The summed E-state index contributed by atoms with van der Waals surface area (Å²) in [5.74, 6) is 2.35. The van der Waals surface area contributed by atoms with Crippen LogP contribution in [0.4, 0.5) is 5.13 Å². The molecule has 0 spiro atoms. The number of aromatic nitrogens is 4. The Bertz CT molecular complexity index is 648. The molecule has 1 atom stereocenters. The van der Waals surface area contributed by atoms with E-state index in [9.17, 15) is 0 Å². The van der Waals surface area contributed by atoms with E-state index in [2.05, 4.69) is 24.6 Å². The van der Waals surface area contributed by atoms with Gasteiger partial charge in [0.1, 0.15) is 11.6 Å². The minimum absolute atomic E-state index is 0.386. The Labute approximate surface area is 134 Å². The van der Waals surface area contributed by atoms with E-state index in [1.54, 1.807) is 11.3 Å². The number of rotatable bonds is 3. The number of nitrogen functional groups attached to an aromatic ring is 1. The van der Waals surface area contributed by atoms with Crippen LogP contribution < -0.4 is 5.73 Å². The van der Waals surface area contributed by atoms with Crippen LogP contribution in [-0.2, 0) is 19.5 Å². The van der Waals surface area contributed by atoms with E-state index < -0.39 is 0 Å². The van der Waals surface area contributed by atoms with Gasteiger partial charge in [0.15, 0.2) is 5.13 Å². The molecule has 2 aliphatic rings. The van der Waals surface area contributed by atoms with Gasteiger partial charge in [0.05, 0.1) is 6.04 Å². The molecule has 2 aromatic rings. The lowest BCUT2D eigenvalue weighted by molar-refractivity contribution is 0.131. The maximum Gasteiger partial charge on any atom is 0.180 e. The number of nitrogens with two attached hydrogens (primary N) is 1. The molecule has 6 nitrogen and oxygen atoms in total. The quantitative estimate of drug-likeness (QED) is 0.940. The molecule has 4 rings (SSSR count). The van der Waals surface area contributed by atoms with E-state index in [0.717, 1.165) is 26.1 Å². The largest absolute Gasteiger partial charge is 0.375 e. The number of anilines is 1. The third kappa shape index (κ3) is 2.63. The van der Waals surface area contributed by atoms with Crippen molar-refractivity contribution in [3.05, 3.63) is 22.7 Å². The molecule has 0 saturated carbocycles. The van der Waals surface area contributed by atoms with Crippen LogP contribution in [-0.4, -0.2) is 31.2 Å². The van der Waals surface area contributed by atoms with Crippen LogP contribution in [0.25, 0.3) is 0 Å². The fraction of sp³-hybridized carbons (Fsp3) is 0.667. The molecule has 1 unspecified atom stereocenters. The molecule has 0 radical (unpaired) electrons. The van der Waals surface area contributed by atoms with Gasteiger partial charge in [0.25, 0.3) is 0 Å². The predicted octanol–water partition coefficient (Wildman–Crippen LogP) is 2.38. The van der Waals surface area contributed by atoms with Gasteiger partial charge < -0.3 is 10.3 Å². The van der Waals surface area contributed by atoms with Crippen LogP contribution in [0.2, 0.25) is 0 Å². The van der Waals surface area contributed by atoms with Crippen molar-refractivity contribution in [2.45, 2.75) is 57.7 Å². The topological polar surface area (TPSA) is 72.9 Å². The number of hydrogen-bond acceptors (Lipinski definition) is 6. The lowest BCUT2D eigenvalue weighted by atomic mass is 10.0. The number of hydrogen-bond donors (Lipinski definition) is 1. The number of aryl methyl sites for hydroxylation is 1. The van der Waals surface area contributed by atoms with Gasteiger partial charge in [-0.05, 0) is 32.2 Å². The van der Waals surface area contributed by atoms with Gasteiger partial charge in [-0.1, -0.05) is 6.42 Å². The van der Waals surface area contributed by atoms with Gasteiger partial charge in [-0.2, -0.15) is 0 Å². The highest BCUT2D eigenvalue weighted by Gasteiger charge is 2.30. The average molecular weight is 318 g/mol. The van der Waals surface area contributed by atoms with Crippen molar-refractivity contribution in [3.8, 4) is 0 Å². The number of nitrogens with zero attached hydrogens (tertiary/aromatic N) is 5. The van der Waals surface area contributed by atoms with Gasteiger partial charge in [-0.15, -0.1) is 21.5 Å². The summed E-state index contributed by atoms with van der Waals surface area (Å²) < 4.78 is 2.37. The monoisotopic (exact) mass is 318 g/mol. The van der Waals surface area contributed by atoms with Crippen molar-refractivity contribution >= 4 is 16.5 Å². The van der Waals surface area contributed by atoms with E-state index in [0.29, 0.717) is 11.2 Å². The van der Waals surface area contributed by atoms with Crippen LogP contribution in [0.3, 0.4) is 0 Å². The summed E-state index contributed by atoms with van der Waals surface area (Å²) >= 11 is 1.59. The molecule has 2 aromatic heterocycles. The highest BCUT2D eigenvalue weighted by molar-refractivity contribution is 7.15. The first-order chi connectivity index (χ1) is 10.8. The van der Waals surface area contributed by atoms with Gasteiger partial charge in [-0.25, -0.2) is 4.98 Å². The summed E-state index contributed by atoms with van der Waals surface area (Å²) in [4.78, 5) is 7.95. The molecule has 1 fully saturated rings. The van der Waals surface area contributed by atoms with Crippen LogP contribution in [0.15, 0.2) is 6.20 Å². The Hall–Kier alpha value is -1.47. The van der Waals surface area contributed by atoms with Crippen molar-refractivity contribution in [1.29, 1.82) is 0 Å². The fourth-order valence-corrected chi connectivity index (χ4v) is 4.36. The Kier molecular flexibility index (Phi) is 3.83. The van der Waals surface area contributed by atoms with Gasteiger partial charge in [-0.3, -0.25) is 4.90 Å². The summed E-state index contributed by atoms with van der Waals surface area (Å²) in [5.41, 5.74) is 5.77. The van der Waals surface area contributed by atoms with Gasteiger partial charge >= 0.3 is 0 Å². The van der Waals surface area contributed by atoms with E-state index >= 15 is 0 Å². The highest BCUT2D eigenvalue weighted by Crippen LogP contribution is 2.33. The predicted molar refractivity (Wildman–Crippen MR) is 86.5 cm³/mol. The van der Waals surface area contributed by atoms with E-state index in [4.69, 9.17) is 5.73 Å². The fourth-order valence-electron chi connectivity index (χ4n) is 3.65. The molecule has 7 heteroatoms. The number of fused-ring (bicyclic) bond motifs is 1. The van der Waals surface area contributed by atoms with Crippen molar-refractivity contribution in [2.75, 3.05) is 12.3 Å². The average Bonchev–Trinajstić information content (AvgIpc) is 3.14. The zero-order valence-corrected chi connectivity index (χ0v) is 13.6. The molecule has 0 bridgehead atoms. The van der Waals surface area contributed by atoms with Crippen LogP contribution >= 0.6 is 11.3 Å². The summed E-state index contributed by atoms with van der Waals surface area (Å²) in [6.07, 6.45) is 9.17. The van der Waals surface area contributed by atoms with E-state index in [1.165, 1.54) is 48.6 Å². The van der Waals surface area contributed by atoms with Crippen LogP contribution in [0.1, 0.15) is 54.7 Å². The third-order valence-electron chi connectivity index (χ3n) is 4.73. The third-order valence-corrected chi connectivity index (χ3v) is 5.54. The lowest BCUT2D eigenvalue weighted by Crippen LogP contribution is -2.34. The first-order valence-electron chi connectivity index (χ1n) is 8.17. The molecule has 0 amide bonds.